The highest BCUT2D eigenvalue weighted by atomic mass is 15.1. The first-order valence-corrected chi connectivity index (χ1v) is 6.51. The van der Waals surface area contributed by atoms with Crippen LogP contribution in [0.4, 0.5) is 0 Å². The Morgan fingerprint density at radius 2 is 2.44 bits per heavy atom. The van der Waals surface area contributed by atoms with Crippen molar-refractivity contribution in [2.45, 2.75) is 52.1 Å². The molecule has 16 heavy (non-hydrogen) atoms. The van der Waals surface area contributed by atoms with Crippen LogP contribution in [0.5, 0.6) is 0 Å². The van der Waals surface area contributed by atoms with Crippen molar-refractivity contribution in [1.29, 1.82) is 0 Å². The summed E-state index contributed by atoms with van der Waals surface area (Å²) in [6.07, 6.45) is 9.12. The monoisotopic (exact) mass is 221 g/mol. The van der Waals surface area contributed by atoms with Gasteiger partial charge >= 0.3 is 0 Å². The molecular weight excluding hydrogens is 198 g/mol. The lowest BCUT2D eigenvalue weighted by Gasteiger charge is -2.14. The average molecular weight is 221 g/mol. The van der Waals surface area contributed by atoms with Gasteiger partial charge in [-0.2, -0.15) is 0 Å². The summed E-state index contributed by atoms with van der Waals surface area (Å²) in [6.45, 7) is 6.84. The summed E-state index contributed by atoms with van der Waals surface area (Å²) in [6, 6.07) is 0.543. The first kappa shape index (κ1) is 11.6. The predicted molar refractivity (Wildman–Crippen MR) is 66.3 cm³/mol. The standard InChI is InChI=1S/C13H23N3/c1-11(2)5-4-8-16-10-14-9-13(16)12-6-3-7-15-12/h9-12,15H,3-8H2,1-2H3. The Morgan fingerprint density at radius 3 is 3.12 bits per heavy atom. The molecule has 0 bridgehead atoms. The summed E-state index contributed by atoms with van der Waals surface area (Å²) in [5.74, 6) is 0.802. The first-order chi connectivity index (χ1) is 7.77. The van der Waals surface area contributed by atoms with Gasteiger partial charge in [0, 0.05) is 18.8 Å². The summed E-state index contributed by atoms with van der Waals surface area (Å²) in [4.78, 5) is 4.29. The minimum atomic E-state index is 0.543. The molecule has 2 rings (SSSR count). The fourth-order valence-corrected chi connectivity index (χ4v) is 2.41. The molecule has 1 unspecified atom stereocenters. The summed E-state index contributed by atoms with van der Waals surface area (Å²) in [5, 5.41) is 3.54. The quantitative estimate of drug-likeness (QED) is 0.828. The highest BCUT2D eigenvalue weighted by Crippen LogP contribution is 2.22. The van der Waals surface area contributed by atoms with E-state index in [9.17, 15) is 0 Å². The smallest absolute Gasteiger partial charge is 0.0948 e. The molecule has 0 aromatic carbocycles. The van der Waals surface area contributed by atoms with E-state index in [2.05, 4.69) is 28.7 Å². The van der Waals surface area contributed by atoms with Crippen molar-refractivity contribution in [2.24, 2.45) is 5.92 Å². The van der Waals surface area contributed by atoms with E-state index >= 15 is 0 Å². The van der Waals surface area contributed by atoms with Crippen LogP contribution in [-0.2, 0) is 6.54 Å². The number of nitrogens with zero attached hydrogens (tertiary/aromatic N) is 2. The van der Waals surface area contributed by atoms with Gasteiger partial charge in [-0.05, 0) is 38.1 Å². The predicted octanol–water partition coefficient (Wildman–Crippen LogP) is 2.74. The van der Waals surface area contributed by atoms with Gasteiger partial charge in [-0.15, -0.1) is 0 Å². The van der Waals surface area contributed by atoms with Crippen molar-refractivity contribution in [2.75, 3.05) is 6.54 Å². The van der Waals surface area contributed by atoms with Crippen LogP contribution in [0, 0.1) is 5.92 Å². The third kappa shape index (κ3) is 2.85. The number of hydrogen-bond acceptors (Lipinski definition) is 2. The largest absolute Gasteiger partial charge is 0.333 e. The van der Waals surface area contributed by atoms with Crippen molar-refractivity contribution in [3.8, 4) is 0 Å². The molecular formula is C13H23N3. The van der Waals surface area contributed by atoms with Gasteiger partial charge in [-0.1, -0.05) is 13.8 Å². The summed E-state index contributed by atoms with van der Waals surface area (Å²) in [5.41, 5.74) is 1.38. The van der Waals surface area contributed by atoms with Crippen molar-refractivity contribution < 1.29 is 0 Å². The number of aromatic nitrogens is 2. The maximum atomic E-state index is 4.29. The first-order valence-electron chi connectivity index (χ1n) is 6.51. The molecule has 1 atom stereocenters. The third-order valence-corrected chi connectivity index (χ3v) is 3.34. The topological polar surface area (TPSA) is 29.9 Å². The maximum absolute atomic E-state index is 4.29. The van der Waals surface area contributed by atoms with Gasteiger partial charge in [0.15, 0.2) is 0 Å². The molecule has 3 heteroatoms. The van der Waals surface area contributed by atoms with E-state index in [0.717, 1.165) is 19.0 Å². The number of aryl methyl sites for hydroxylation is 1. The van der Waals surface area contributed by atoms with Gasteiger partial charge in [0.2, 0.25) is 0 Å². The lowest BCUT2D eigenvalue weighted by Crippen LogP contribution is -2.17. The second-order valence-corrected chi connectivity index (χ2v) is 5.20. The Labute approximate surface area is 98.3 Å². The van der Waals surface area contributed by atoms with E-state index in [1.54, 1.807) is 0 Å². The molecule has 0 amide bonds. The Balaban J connectivity index is 1.91. The number of nitrogens with one attached hydrogen (secondary N) is 1. The van der Waals surface area contributed by atoms with Crippen LogP contribution in [0.2, 0.25) is 0 Å². The van der Waals surface area contributed by atoms with E-state index in [1.807, 2.05) is 12.5 Å². The normalized spacial score (nSPS) is 20.8. The van der Waals surface area contributed by atoms with E-state index in [4.69, 9.17) is 0 Å². The van der Waals surface area contributed by atoms with Gasteiger partial charge in [-0.25, -0.2) is 4.98 Å². The highest BCUT2D eigenvalue weighted by Gasteiger charge is 2.19. The Hall–Kier alpha value is -0.830. The molecule has 2 heterocycles. The van der Waals surface area contributed by atoms with E-state index in [1.165, 1.54) is 31.4 Å². The second-order valence-electron chi connectivity index (χ2n) is 5.20. The lowest BCUT2D eigenvalue weighted by atomic mass is 10.1. The summed E-state index contributed by atoms with van der Waals surface area (Å²) < 4.78 is 2.32. The fraction of sp³-hybridized carbons (Fsp3) is 0.769. The Kier molecular flexibility index (Phi) is 3.99. The molecule has 1 aliphatic rings. The van der Waals surface area contributed by atoms with Gasteiger partial charge in [0.1, 0.15) is 0 Å². The van der Waals surface area contributed by atoms with Crippen LogP contribution >= 0.6 is 0 Å². The summed E-state index contributed by atoms with van der Waals surface area (Å²) >= 11 is 0. The van der Waals surface area contributed by atoms with Gasteiger partial charge in [0.05, 0.1) is 12.0 Å². The van der Waals surface area contributed by atoms with Gasteiger partial charge in [0.25, 0.3) is 0 Å². The molecule has 1 N–H and O–H groups in total. The molecule has 1 saturated heterocycles. The molecule has 1 aliphatic heterocycles. The zero-order valence-electron chi connectivity index (χ0n) is 10.4. The molecule has 1 aromatic rings. The fourth-order valence-electron chi connectivity index (χ4n) is 2.41. The minimum absolute atomic E-state index is 0.543. The van der Waals surface area contributed by atoms with Crippen LogP contribution < -0.4 is 5.32 Å². The maximum Gasteiger partial charge on any atom is 0.0948 e. The average Bonchev–Trinajstić information content (AvgIpc) is 2.84. The number of imidazole rings is 1. The van der Waals surface area contributed by atoms with Crippen molar-refractivity contribution in [3.63, 3.8) is 0 Å². The molecule has 0 spiro atoms. The zero-order chi connectivity index (χ0) is 11.4. The Bertz CT molecular complexity index is 311. The molecule has 0 aliphatic carbocycles. The van der Waals surface area contributed by atoms with Crippen molar-refractivity contribution in [3.05, 3.63) is 18.2 Å². The second kappa shape index (κ2) is 5.48. The zero-order valence-corrected chi connectivity index (χ0v) is 10.4. The van der Waals surface area contributed by atoms with Crippen molar-refractivity contribution >= 4 is 0 Å². The Morgan fingerprint density at radius 1 is 1.56 bits per heavy atom. The van der Waals surface area contributed by atoms with E-state index < -0.39 is 0 Å². The molecule has 0 saturated carbocycles. The SMILES string of the molecule is CC(C)CCCn1cncc1C1CCCN1. The van der Waals surface area contributed by atoms with E-state index in [0.29, 0.717) is 6.04 Å². The molecule has 1 aromatic heterocycles. The number of hydrogen-bond donors (Lipinski definition) is 1. The van der Waals surface area contributed by atoms with Crippen LogP contribution in [0.1, 0.15) is 51.3 Å². The minimum Gasteiger partial charge on any atom is -0.333 e. The third-order valence-electron chi connectivity index (χ3n) is 3.34. The molecule has 1 fully saturated rings. The van der Waals surface area contributed by atoms with Crippen LogP contribution in [0.3, 0.4) is 0 Å². The van der Waals surface area contributed by atoms with E-state index in [-0.39, 0.29) is 0 Å². The van der Waals surface area contributed by atoms with Crippen LogP contribution in [0.25, 0.3) is 0 Å². The van der Waals surface area contributed by atoms with Crippen LogP contribution in [0.15, 0.2) is 12.5 Å². The van der Waals surface area contributed by atoms with Crippen LogP contribution in [-0.4, -0.2) is 16.1 Å². The molecule has 3 nitrogen and oxygen atoms in total. The van der Waals surface area contributed by atoms with Gasteiger partial charge in [-0.3, -0.25) is 0 Å². The summed E-state index contributed by atoms with van der Waals surface area (Å²) in [7, 11) is 0. The molecule has 0 radical (unpaired) electrons. The van der Waals surface area contributed by atoms with Crippen molar-refractivity contribution in [1.82, 2.24) is 14.9 Å². The van der Waals surface area contributed by atoms with Gasteiger partial charge < -0.3 is 9.88 Å². The highest BCUT2D eigenvalue weighted by molar-refractivity contribution is 5.07. The molecule has 90 valence electrons. The number of rotatable bonds is 5. The lowest BCUT2D eigenvalue weighted by molar-refractivity contribution is 0.490.